The molecule has 0 spiro atoms. The van der Waals surface area contributed by atoms with E-state index < -0.39 is 18.0 Å². The second kappa shape index (κ2) is 16.8. The van der Waals surface area contributed by atoms with Gasteiger partial charge in [0.2, 0.25) is 0 Å². The van der Waals surface area contributed by atoms with E-state index in [4.69, 9.17) is 23.7 Å². The molecule has 0 N–H and O–H groups in total. The van der Waals surface area contributed by atoms with Crippen LogP contribution in [0.5, 0.6) is 17.2 Å². The van der Waals surface area contributed by atoms with E-state index in [-0.39, 0.29) is 36.9 Å². The third kappa shape index (κ3) is 8.38. The highest BCUT2D eigenvalue weighted by molar-refractivity contribution is 7.07. The molecule has 0 saturated heterocycles. The molecule has 0 radical (unpaired) electrons. The average Bonchev–Trinajstić information content (AvgIpc) is 3.43. The molecule has 0 unspecified atom stereocenters. The van der Waals surface area contributed by atoms with Gasteiger partial charge in [-0.3, -0.25) is 9.36 Å². The number of carbonyl (C=O) groups is 3. The Morgan fingerprint density at radius 3 is 2.27 bits per heavy atom. The summed E-state index contributed by atoms with van der Waals surface area (Å²) in [6.45, 7) is 7.58. The van der Waals surface area contributed by atoms with Crippen LogP contribution in [0, 0.1) is 0 Å². The number of allylic oxidation sites excluding steroid dienone is 1. The standard InChI is InChI=1S/C38H38N2O10S/c1-6-46-30-19-27(17-18-29(30)50-22-32(41)45-5)34-33(37(44)48-8-3)23(4)39-38-40(34)35(42)31(51-38)20-26-11-9-10-12-28(26)49-21-24-13-15-25(16-14-24)36(43)47-7-2/h9-20,34H,6-8,21-22H2,1-5H3/b31-20+/t34-/m0/s1. The number of nitrogens with zero attached hydrogens (tertiary/aromatic N) is 2. The van der Waals surface area contributed by atoms with Gasteiger partial charge in [0.05, 0.1) is 54.3 Å². The first kappa shape index (κ1) is 36.6. The molecule has 1 aromatic heterocycles. The molecule has 0 amide bonds. The summed E-state index contributed by atoms with van der Waals surface area (Å²) in [7, 11) is 1.26. The van der Waals surface area contributed by atoms with Crippen LogP contribution in [0.3, 0.4) is 0 Å². The number of hydrogen-bond donors (Lipinski definition) is 0. The molecule has 2 heterocycles. The van der Waals surface area contributed by atoms with Gasteiger partial charge in [-0.2, -0.15) is 0 Å². The highest BCUT2D eigenvalue weighted by atomic mass is 32.1. The molecule has 266 valence electrons. The Labute approximate surface area is 298 Å². The Hall–Kier alpha value is -5.69. The number of esters is 3. The molecule has 3 aromatic carbocycles. The Bertz CT molecular complexity index is 2130. The predicted molar refractivity (Wildman–Crippen MR) is 189 cm³/mol. The third-order valence-corrected chi connectivity index (χ3v) is 8.72. The van der Waals surface area contributed by atoms with Crippen molar-refractivity contribution in [3.05, 3.63) is 120 Å². The second-order valence-corrected chi connectivity index (χ2v) is 12.1. The van der Waals surface area contributed by atoms with Gasteiger partial charge in [0, 0.05) is 5.56 Å². The Morgan fingerprint density at radius 2 is 1.57 bits per heavy atom. The van der Waals surface area contributed by atoms with Gasteiger partial charge in [-0.25, -0.2) is 19.4 Å². The third-order valence-electron chi connectivity index (χ3n) is 7.74. The number of para-hydroxylation sites is 1. The van der Waals surface area contributed by atoms with Gasteiger partial charge < -0.3 is 28.4 Å². The largest absolute Gasteiger partial charge is 0.490 e. The van der Waals surface area contributed by atoms with E-state index in [0.29, 0.717) is 62.2 Å². The molecular formula is C38H38N2O10S. The van der Waals surface area contributed by atoms with Gasteiger partial charge in [-0.05, 0) is 75.2 Å². The summed E-state index contributed by atoms with van der Waals surface area (Å²) in [5, 5.41) is 0. The number of carbonyl (C=O) groups excluding carboxylic acids is 3. The first-order valence-corrected chi connectivity index (χ1v) is 17.1. The Morgan fingerprint density at radius 1 is 0.843 bits per heavy atom. The van der Waals surface area contributed by atoms with Gasteiger partial charge >= 0.3 is 17.9 Å². The highest BCUT2D eigenvalue weighted by Crippen LogP contribution is 2.36. The van der Waals surface area contributed by atoms with Crippen LogP contribution in [0.4, 0.5) is 0 Å². The summed E-state index contributed by atoms with van der Waals surface area (Å²) in [5.74, 6) is -0.394. The molecule has 5 rings (SSSR count). The molecule has 51 heavy (non-hydrogen) atoms. The fraction of sp³-hybridized carbons (Fsp3) is 0.289. The van der Waals surface area contributed by atoms with Gasteiger partial charge in [0.15, 0.2) is 22.9 Å². The lowest BCUT2D eigenvalue weighted by molar-refractivity contribution is -0.143. The number of benzene rings is 3. The minimum Gasteiger partial charge on any atom is -0.490 e. The molecule has 13 heteroatoms. The molecule has 12 nitrogen and oxygen atoms in total. The Balaban J connectivity index is 1.53. The van der Waals surface area contributed by atoms with Crippen LogP contribution in [0.15, 0.2) is 87.8 Å². The lowest BCUT2D eigenvalue weighted by Gasteiger charge is -2.25. The van der Waals surface area contributed by atoms with Crippen molar-refractivity contribution < 1.29 is 42.8 Å². The summed E-state index contributed by atoms with van der Waals surface area (Å²) in [4.78, 5) is 56.5. The van der Waals surface area contributed by atoms with Crippen LogP contribution in [0.1, 0.15) is 60.8 Å². The predicted octanol–water partition coefficient (Wildman–Crippen LogP) is 4.50. The lowest BCUT2D eigenvalue weighted by atomic mass is 9.95. The zero-order chi connectivity index (χ0) is 36.5. The molecule has 1 aliphatic rings. The maximum absolute atomic E-state index is 14.3. The maximum Gasteiger partial charge on any atom is 0.343 e. The topological polar surface area (TPSA) is 141 Å². The summed E-state index contributed by atoms with van der Waals surface area (Å²) < 4.78 is 34.7. The zero-order valence-corrected chi connectivity index (χ0v) is 29.7. The summed E-state index contributed by atoms with van der Waals surface area (Å²) >= 11 is 1.18. The molecule has 0 fully saturated rings. The molecule has 4 aromatic rings. The average molecular weight is 715 g/mol. The monoisotopic (exact) mass is 714 g/mol. The molecule has 0 saturated carbocycles. The molecular weight excluding hydrogens is 676 g/mol. The van der Waals surface area contributed by atoms with E-state index in [0.717, 1.165) is 5.56 Å². The van der Waals surface area contributed by atoms with Crippen molar-refractivity contribution in [1.29, 1.82) is 0 Å². The number of fused-ring (bicyclic) bond motifs is 1. The lowest BCUT2D eigenvalue weighted by Crippen LogP contribution is -2.40. The van der Waals surface area contributed by atoms with Crippen LogP contribution < -0.4 is 29.1 Å². The number of methoxy groups -OCH3 is 1. The van der Waals surface area contributed by atoms with Crippen LogP contribution in [-0.4, -0.2) is 56.0 Å². The van der Waals surface area contributed by atoms with Crippen molar-refractivity contribution in [3.63, 3.8) is 0 Å². The highest BCUT2D eigenvalue weighted by Gasteiger charge is 2.34. The normalized spacial score (nSPS) is 13.9. The van der Waals surface area contributed by atoms with Gasteiger partial charge in [-0.1, -0.05) is 47.7 Å². The fourth-order valence-electron chi connectivity index (χ4n) is 5.37. The summed E-state index contributed by atoms with van der Waals surface area (Å²) in [6, 6.07) is 18.4. The van der Waals surface area contributed by atoms with E-state index >= 15 is 0 Å². The van der Waals surface area contributed by atoms with Crippen LogP contribution in [0.2, 0.25) is 0 Å². The summed E-state index contributed by atoms with van der Waals surface area (Å²) in [5.41, 5.74) is 2.75. The second-order valence-electron chi connectivity index (χ2n) is 11.1. The Kier molecular flexibility index (Phi) is 12.1. The van der Waals surface area contributed by atoms with Crippen molar-refractivity contribution in [2.24, 2.45) is 4.99 Å². The van der Waals surface area contributed by atoms with E-state index in [1.807, 2.05) is 18.2 Å². The molecule has 1 atom stereocenters. The van der Waals surface area contributed by atoms with Crippen molar-refractivity contribution in [3.8, 4) is 17.2 Å². The van der Waals surface area contributed by atoms with Crippen LogP contribution in [-0.2, 0) is 30.4 Å². The SMILES string of the molecule is CCOC(=O)C1=C(C)N=c2s/c(=C/c3ccccc3OCc3ccc(C(=O)OCC)cc3)c(=O)n2[C@H]1c1ccc(OCC(=O)OC)c(OCC)c1. The van der Waals surface area contributed by atoms with Crippen molar-refractivity contribution >= 4 is 35.3 Å². The van der Waals surface area contributed by atoms with Gasteiger partial charge in [-0.15, -0.1) is 0 Å². The molecule has 0 aliphatic carbocycles. The summed E-state index contributed by atoms with van der Waals surface area (Å²) in [6.07, 6.45) is 1.73. The molecule has 0 bridgehead atoms. The number of rotatable bonds is 14. The minimum atomic E-state index is -0.902. The first-order valence-electron chi connectivity index (χ1n) is 16.3. The number of hydrogen-bond acceptors (Lipinski definition) is 12. The van der Waals surface area contributed by atoms with E-state index in [1.165, 1.54) is 23.0 Å². The first-order chi connectivity index (χ1) is 24.7. The van der Waals surface area contributed by atoms with E-state index in [1.54, 1.807) is 82.3 Å². The van der Waals surface area contributed by atoms with E-state index in [9.17, 15) is 19.2 Å². The van der Waals surface area contributed by atoms with Crippen LogP contribution in [0.25, 0.3) is 6.08 Å². The van der Waals surface area contributed by atoms with Gasteiger partial charge in [0.25, 0.3) is 5.56 Å². The van der Waals surface area contributed by atoms with Gasteiger partial charge in [0.1, 0.15) is 12.4 Å². The maximum atomic E-state index is 14.3. The minimum absolute atomic E-state index is 0.129. The molecule has 1 aliphatic heterocycles. The number of ether oxygens (including phenoxy) is 6. The van der Waals surface area contributed by atoms with Crippen molar-refractivity contribution in [2.45, 2.75) is 40.3 Å². The quantitative estimate of drug-likeness (QED) is 0.135. The van der Waals surface area contributed by atoms with E-state index in [2.05, 4.69) is 9.73 Å². The zero-order valence-electron chi connectivity index (χ0n) is 28.9. The number of aromatic nitrogens is 1. The van der Waals surface area contributed by atoms with Crippen LogP contribution >= 0.6 is 11.3 Å². The number of thiazole rings is 1. The van der Waals surface area contributed by atoms with Crippen molar-refractivity contribution in [2.75, 3.05) is 33.5 Å². The fourth-order valence-corrected chi connectivity index (χ4v) is 6.41. The smallest absolute Gasteiger partial charge is 0.343 e. The van der Waals surface area contributed by atoms with Crippen molar-refractivity contribution in [1.82, 2.24) is 4.57 Å².